The average molecular weight is 347 g/mol. The Hall–Kier alpha value is -1.28. The molecule has 0 radical (unpaired) electrons. The smallest absolute Gasteiger partial charge is 0.130 e. The molecule has 2 aromatic carbocycles. The van der Waals surface area contributed by atoms with Crippen LogP contribution < -0.4 is 5.73 Å². The third-order valence-electron chi connectivity index (χ3n) is 3.07. The summed E-state index contributed by atoms with van der Waals surface area (Å²) in [6.07, 6.45) is 0.619. The van der Waals surface area contributed by atoms with Gasteiger partial charge in [-0.05, 0) is 36.2 Å². The molecule has 0 aromatic heterocycles. The van der Waals surface area contributed by atoms with Crippen molar-refractivity contribution in [3.8, 4) is 6.07 Å². The van der Waals surface area contributed by atoms with E-state index in [0.717, 1.165) is 15.8 Å². The molecule has 0 fully saturated rings. The van der Waals surface area contributed by atoms with Crippen molar-refractivity contribution >= 4 is 27.7 Å². The Kier molecular flexibility index (Phi) is 5.24. The van der Waals surface area contributed by atoms with Gasteiger partial charge in [0.15, 0.2) is 0 Å². The molecule has 102 valence electrons. The summed E-state index contributed by atoms with van der Waals surface area (Å²) in [5, 5.41) is 9.38. The van der Waals surface area contributed by atoms with Gasteiger partial charge in [-0.1, -0.05) is 46.3 Å². The average Bonchev–Trinajstić information content (AvgIpc) is 2.50. The van der Waals surface area contributed by atoms with E-state index in [9.17, 15) is 5.26 Å². The van der Waals surface area contributed by atoms with Crippen molar-refractivity contribution in [3.05, 3.63) is 64.6 Å². The van der Waals surface area contributed by atoms with Crippen LogP contribution in [0.3, 0.4) is 0 Å². The molecule has 0 amide bonds. The summed E-state index contributed by atoms with van der Waals surface area (Å²) in [7, 11) is 0. The standard InChI is InChI=1S/C16H15BrN2S/c17-14-6-8-15(9-7-14)20-11-10-16(19,12-18)13-4-2-1-3-5-13/h1-9H,10-11,19H2. The fourth-order valence-electron chi connectivity index (χ4n) is 1.86. The Labute approximate surface area is 132 Å². The fraction of sp³-hybridized carbons (Fsp3) is 0.188. The number of hydrogen-bond donors (Lipinski definition) is 1. The number of rotatable bonds is 5. The van der Waals surface area contributed by atoms with Crippen molar-refractivity contribution in [1.82, 2.24) is 0 Å². The van der Waals surface area contributed by atoms with Crippen molar-refractivity contribution in [2.45, 2.75) is 16.9 Å². The molecule has 2 rings (SSSR count). The van der Waals surface area contributed by atoms with Crippen LogP contribution in [0, 0.1) is 11.3 Å². The number of hydrogen-bond acceptors (Lipinski definition) is 3. The highest BCUT2D eigenvalue weighted by atomic mass is 79.9. The Morgan fingerprint density at radius 2 is 1.75 bits per heavy atom. The van der Waals surface area contributed by atoms with Gasteiger partial charge in [0.1, 0.15) is 5.54 Å². The Morgan fingerprint density at radius 1 is 1.10 bits per heavy atom. The van der Waals surface area contributed by atoms with Crippen LogP contribution in [-0.2, 0) is 5.54 Å². The number of nitriles is 1. The molecule has 4 heteroatoms. The molecular formula is C16H15BrN2S. The largest absolute Gasteiger partial charge is 0.310 e. The lowest BCUT2D eigenvalue weighted by Crippen LogP contribution is -2.35. The quantitative estimate of drug-likeness (QED) is 0.820. The molecule has 0 aliphatic rings. The lowest BCUT2D eigenvalue weighted by Gasteiger charge is -2.21. The topological polar surface area (TPSA) is 49.8 Å². The number of nitrogens with two attached hydrogens (primary N) is 1. The van der Waals surface area contributed by atoms with Crippen LogP contribution in [-0.4, -0.2) is 5.75 Å². The maximum absolute atomic E-state index is 9.38. The van der Waals surface area contributed by atoms with Gasteiger partial charge in [-0.3, -0.25) is 0 Å². The summed E-state index contributed by atoms with van der Waals surface area (Å²) in [5.74, 6) is 0.806. The zero-order valence-corrected chi connectivity index (χ0v) is 13.3. The van der Waals surface area contributed by atoms with E-state index < -0.39 is 5.54 Å². The highest BCUT2D eigenvalue weighted by Crippen LogP contribution is 2.27. The fourth-order valence-corrected chi connectivity index (χ4v) is 3.11. The monoisotopic (exact) mass is 346 g/mol. The summed E-state index contributed by atoms with van der Waals surface area (Å²) >= 11 is 5.13. The van der Waals surface area contributed by atoms with Crippen molar-refractivity contribution in [2.24, 2.45) is 5.73 Å². The number of benzene rings is 2. The molecule has 0 heterocycles. The predicted molar refractivity (Wildman–Crippen MR) is 87.4 cm³/mol. The van der Waals surface area contributed by atoms with E-state index in [-0.39, 0.29) is 0 Å². The number of thioether (sulfide) groups is 1. The second-order valence-electron chi connectivity index (χ2n) is 4.50. The summed E-state index contributed by atoms with van der Waals surface area (Å²) in [6, 6.07) is 20.0. The second kappa shape index (κ2) is 6.94. The minimum absolute atomic E-state index is 0.619. The van der Waals surface area contributed by atoms with E-state index in [1.807, 2.05) is 42.5 Å². The second-order valence-corrected chi connectivity index (χ2v) is 6.59. The molecule has 0 saturated carbocycles. The van der Waals surface area contributed by atoms with E-state index in [1.54, 1.807) is 11.8 Å². The first-order valence-corrected chi connectivity index (χ1v) is 8.06. The summed E-state index contributed by atoms with van der Waals surface area (Å²) in [5.41, 5.74) is 6.19. The summed E-state index contributed by atoms with van der Waals surface area (Å²) in [6.45, 7) is 0. The van der Waals surface area contributed by atoms with Gasteiger partial charge in [-0.2, -0.15) is 5.26 Å². The molecule has 1 unspecified atom stereocenters. The maximum Gasteiger partial charge on any atom is 0.130 e. The first kappa shape index (κ1) is 15.1. The molecule has 2 N–H and O–H groups in total. The van der Waals surface area contributed by atoms with E-state index in [4.69, 9.17) is 5.73 Å². The molecule has 20 heavy (non-hydrogen) atoms. The zero-order valence-electron chi connectivity index (χ0n) is 10.9. The van der Waals surface area contributed by atoms with E-state index >= 15 is 0 Å². The zero-order chi connectivity index (χ0) is 14.4. The van der Waals surface area contributed by atoms with Gasteiger partial charge >= 0.3 is 0 Å². The van der Waals surface area contributed by atoms with Gasteiger partial charge in [0, 0.05) is 15.1 Å². The Balaban J connectivity index is 1.98. The third kappa shape index (κ3) is 3.86. The van der Waals surface area contributed by atoms with Crippen LogP contribution in [0.5, 0.6) is 0 Å². The van der Waals surface area contributed by atoms with Crippen molar-refractivity contribution in [3.63, 3.8) is 0 Å². The van der Waals surface area contributed by atoms with Gasteiger partial charge in [0.25, 0.3) is 0 Å². The minimum atomic E-state index is -0.913. The third-order valence-corrected chi connectivity index (χ3v) is 4.61. The summed E-state index contributed by atoms with van der Waals surface area (Å²) < 4.78 is 1.07. The van der Waals surface area contributed by atoms with Crippen molar-refractivity contribution in [2.75, 3.05) is 5.75 Å². The van der Waals surface area contributed by atoms with Gasteiger partial charge in [-0.25, -0.2) is 0 Å². The van der Waals surface area contributed by atoms with Gasteiger partial charge in [0.05, 0.1) is 6.07 Å². The van der Waals surface area contributed by atoms with Crippen LogP contribution in [0.2, 0.25) is 0 Å². The number of nitrogens with zero attached hydrogens (tertiary/aromatic N) is 1. The van der Waals surface area contributed by atoms with Crippen LogP contribution >= 0.6 is 27.7 Å². The van der Waals surface area contributed by atoms with Crippen LogP contribution in [0.25, 0.3) is 0 Å². The van der Waals surface area contributed by atoms with E-state index in [1.165, 1.54) is 4.90 Å². The maximum atomic E-state index is 9.38. The van der Waals surface area contributed by atoms with Crippen molar-refractivity contribution in [1.29, 1.82) is 5.26 Å². The normalized spacial score (nSPS) is 13.4. The number of halogens is 1. The molecule has 0 bridgehead atoms. The van der Waals surface area contributed by atoms with Crippen LogP contribution in [0.15, 0.2) is 64.0 Å². The first-order valence-electron chi connectivity index (χ1n) is 6.28. The van der Waals surface area contributed by atoms with E-state index in [0.29, 0.717) is 6.42 Å². The lowest BCUT2D eigenvalue weighted by molar-refractivity contribution is 0.560. The van der Waals surface area contributed by atoms with Crippen LogP contribution in [0.1, 0.15) is 12.0 Å². The van der Waals surface area contributed by atoms with E-state index in [2.05, 4.69) is 34.1 Å². The van der Waals surface area contributed by atoms with Gasteiger partial charge < -0.3 is 5.73 Å². The molecule has 1 atom stereocenters. The van der Waals surface area contributed by atoms with Crippen molar-refractivity contribution < 1.29 is 0 Å². The highest BCUT2D eigenvalue weighted by molar-refractivity contribution is 9.10. The highest BCUT2D eigenvalue weighted by Gasteiger charge is 2.26. The summed E-state index contributed by atoms with van der Waals surface area (Å²) in [4.78, 5) is 1.18. The van der Waals surface area contributed by atoms with Gasteiger partial charge in [-0.15, -0.1) is 11.8 Å². The first-order chi connectivity index (χ1) is 9.64. The Morgan fingerprint density at radius 3 is 2.35 bits per heavy atom. The predicted octanol–water partition coefficient (Wildman–Crippen LogP) is 4.31. The van der Waals surface area contributed by atoms with Gasteiger partial charge in [0.2, 0.25) is 0 Å². The Bertz CT molecular complexity index is 592. The SMILES string of the molecule is N#CC(N)(CCSc1ccc(Br)cc1)c1ccccc1. The molecule has 0 aliphatic heterocycles. The molecular weight excluding hydrogens is 332 g/mol. The molecule has 0 aliphatic carbocycles. The molecule has 0 saturated heterocycles. The molecule has 0 spiro atoms. The molecule has 2 nitrogen and oxygen atoms in total. The lowest BCUT2D eigenvalue weighted by atomic mass is 9.90. The van der Waals surface area contributed by atoms with Crippen LogP contribution in [0.4, 0.5) is 0 Å². The molecule has 2 aromatic rings. The minimum Gasteiger partial charge on any atom is -0.310 e.